The Hall–Kier alpha value is -1.93. The Morgan fingerprint density at radius 1 is 1.24 bits per heavy atom. The minimum atomic E-state index is -0.485. The van der Waals surface area contributed by atoms with E-state index in [1.54, 1.807) is 42.6 Å². The van der Waals surface area contributed by atoms with Crippen LogP contribution in [-0.4, -0.2) is 26.1 Å². The molecule has 25 heavy (non-hydrogen) atoms. The van der Waals surface area contributed by atoms with Crippen LogP contribution in [0.15, 0.2) is 47.6 Å². The summed E-state index contributed by atoms with van der Waals surface area (Å²) in [6.45, 7) is 0. The van der Waals surface area contributed by atoms with Crippen LogP contribution in [0.5, 0.6) is 0 Å². The van der Waals surface area contributed by atoms with Crippen molar-refractivity contribution in [1.82, 2.24) is 15.4 Å². The van der Waals surface area contributed by atoms with Crippen molar-refractivity contribution in [2.45, 2.75) is 0 Å². The summed E-state index contributed by atoms with van der Waals surface area (Å²) in [5.41, 5.74) is 3.31. The molecular weight excluding hydrogens is 401 g/mol. The van der Waals surface area contributed by atoms with Gasteiger partial charge in [-0.1, -0.05) is 41.0 Å². The Labute approximate surface area is 163 Å². The predicted octanol–water partition coefficient (Wildman–Crippen LogP) is 3.93. The zero-order valence-corrected chi connectivity index (χ0v) is 15.5. The zero-order chi connectivity index (χ0) is 18.0. The third-order valence-corrected chi connectivity index (χ3v) is 5.17. The number of thioether (sulfide) groups is 1. The molecule has 0 bridgehead atoms. The van der Waals surface area contributed by atoms with Crippen molar-refractivity contribution in [3.05, 3.63) is 68.8 Å². The van der Waals surface area contributed by atoms with Crippen LogP contribution in [0.3, 0.4) is 0 Å². The highest BCUT2D eigenvalue weighted by molar-refractivity contribution is 8.26. The summed E-state index contributed by atoms with van der Waals surface area (Å²) in [5, 5.41) is 1.85. The summed E-state index contributed by atoms with van der Waals surface area (Å²) in [4.78, 5) is 28.9. The van der Waals surface area contributed by atoms with E-state index in [0.717, 1.165) is 16.8 Å². The number of hydrogen-bond acceptors (Lipinski definition) is 5. The van der Waals surface area contributed by atoms with Gasteiger partial charge < -0.3 is 0 Å². The van der Waals surface area contributed by atoms with Gasteiger partial charge in [0.1, 0.15) is 0 Å². The molecule has 3 rings (SSSR count). The van der Waals surface area contributed by atoms with E-state index in [9.17, 15) is 9.59 Å². The van der Waals surface area contributed by atoms with Gasteiger partial charge in [-0.15, -0.1) is 0 Å². The molecule has 0 unspecified atom stereocenters. The topological polar surface area (TPSA) is 62.3 Å². The molecule has 0 saturated carbocycles. The average molecular weight is 410 g/mol. The first kappa shape index (κ1) is 17.9. The number of rotatable bonds is 3. The van der Waals surface area contributed by atoms with Gasteiger partial charge in [0.15, 0.2) is 4.32 Å². The molecule has 2 heterocycles. The maximum Gasteiger partial charge on any atom is 0.285 e. The second-order valence-electron chi connectivity index (χ2n) is 4.84. The lowest BCUT2D eigenvalue weighted by Crippen LogP contribution is -2.44. The van der Waals surface area contributed by atoms with E-state index in [1.165, 1.54) is 6.20 Å². The van der Waals surface area contributed by atoms with Gasteiger partial charge in [0.2, 0.25) is 0 Å². The van der Waals surface area contributed by atoms with Crippen LogP contribution in [-0.2, 0) is 4.79 Å². The molecule has 5 nitrogen and oxygen atoms in total. The number of hydrogen-bond donors (Lipinski definition) is 1. The van der Waals surface area contributed by atoms with E-state index in [1.807, 2.05) is 0 Å². The number of hydrazine groups is 1. The SMILES string of the molecule is O=C(NN1C(=O)/C(=C/c2c(Cl)cccc2Cl)SC1=S)c1cccnc1. The van der Waals surface area contributed by atoms with Crippen LogP contribution in [0.25, 0.3) is 6.08 Å². The molecule has 0 aliphatic carbocycles. The molecule has 0 radical (unpaired) electrons. The molecule has 1 saturated heterocycles. The molecule has 1 aliphatic heterocycles. The molecule has 126 valence electrons. The lowest BCUT2D eigenvalue weighted by molar-refractivity contribution is -0.123. The smallest absolute Gasteiger partial charge is 0.267 e. The van der Waals surface area contributed by atoms with Crippen molar-refractivity contribution in [3.8, 4) is 0 Å². The third-order valence-electron chi connectivity index (χ3n) is 3.21. The fourth-order valence-electron chi connectivity index (χ4n) is 2.01. The first-order valence-corrected chi connectivity index (χ1v) is 8.88. The Bertz CT molecular complexity index is 883. The minimum Gasteiger partial charge on any atom is -0.267 e. The summed E-state index contributed by atoms with van der Waals surface area (Å²) < 4.78 is 0.205. The molecule has 0 spiro atoms. The van der Waals surface area contributed by atoms with E-state index in [0.29, 0.717) is 26.1 Å². The minimum absolute atomic E-state index is 0.205. The highest BCUT2D eigenvalue weighted by Crippen LogP contribution is 2.35. The molecule has 1 aromatic carbocycles. The number of thiocarbonyl (C=S) groups is 1. The van der Waals surface area contributed by atoms with Crippen molar-refractivity contribution >= 4 is 69.4 Å². The van der Waals surface area contributed by atoms with Crippen molar-refractivity contribution in [2.75, 3.05) is 0 Å². The number of carbonyl (C=O) groups excluding carboxylic acids is 2. The standard InChI is InChI=1S/C16H9Cl2N3O2S2/c17-11-4-1-5-12(18)10(11)7-13-15(23)21(16(24)25-13)20-14(22)9-3-2-6-19-8-9/h1-8H,(H,20,22)/b13-7-. The van der Waals surface area contributed by atoms with Gasteiger partial charge in [0.05, 0.1) is 10.5 Å². The van der Waals surface area contributed by atoms with Gasteiger partial charge in [-0.3, -0.25) is 20.0 Å². The van der Waals surface area contributed by atoms with Crippen LogP contribution in [0, 0.1) is 0 Å². The highest BCUT2D eigenvalue weighted by Gasteiger charge is 2.34. The van der Waals surface area contributed by atoms with Crippen molar-refractivity contribution < 1.29 is 9.59 Å². The first-order valence-electron chi connectivity index (χ1n) is 6.90. The maximum absolute atomic E-state index is 12.5. The molecule has 0 atom stereocenters. The van der Waals surface area contributed by atoms with E-state index < -0.39 is 11.8 Å². The van der Waals surface area contributed by atoms with Crippen molar-refractivity contribution in [1.29, 1.82) is 0 Å². The van der Waals surface area contributed by atoms with Crippen molar-refractivity contribution in [3.63, 3.8) is 0 Å². The molecule has 1 fully saturated rings. The van der Waals surface area contributed by atoms with Gasteiger partial charge in [0, 0.05) is 28.0 Å². The average Bonchev–Trinajstić information content (AvgIpc) is 2.86. The summed E-state index contributed by atoms with van der Waals surface area (Å²) in [5.74, 6) is -0.940. The summed E-state index contributed by atoms with van der Waals surface area (Å²) in [7, 11) is 0. The largest absolute Gasteiger partial charge is 0.285 e. The molecule has 1 aliphatic rings. The fourth-order valence-corrected chi connectivity index (χ4v) is 3.67. The molecule has 2 amide bonds. The summed E-state index contributed by atoms with van der Waals surface area (Å²) in [6.07, 6.45) is 4.50. The molecule has 9 heteroatoms. The number of nitrogens with one attached hydrogen (secondary N) is 1. The first-order chi connectivity index (χ1) is 12.0. The van der Waals surface area contributed by atoms with E-state index in [2.05, 4.69) is 10.4 Å². The highest BCUT2D eigenvalue weighted by atomic mass is 35.5. The number of carbonyl (C=O) groups is 2. The normalized spacial score (nSPS) is 15.8. The second kappa shape index (κ2) is 7.53. The number of halogens is 2. The van der Waals surface area contributed by atoms with Crippen LogP contribution in [0.4, 0.5) is 0 Å². The summed E-state index contributed by atoms with van der Waals surface area (Å²) in [6, 6.07) is 8.26. The van der Waals surface area contributed by atoms with E-state index >= 15 is 0 Å². The quantitative estimate of drug-likeness (QED) is 0.614. The monoisotopic (exact) mass is 409 g/mol. The Morgan fingerprint density at radius 2 is 1.96 bits per heavy atom. The second-order valence-corrected chi connectivity index (χ2v) is 7.33. The number of pyridine rings is 1. The van der Waals surface area contributed by atoms with Crippen molar-refractivity contribution in [2.24, 2.45) is 0 Å². The maximum atomic E-state index is 12.5. The molecular formula is C16H9Cl2N3O2S2. The number of benzene rings is 1. The van der Waals surface area contributed by atoms with E-state index in [-0.39, 0.29) is 4.32 Å². The van der Waals surface area contributed by atoms with Crippen LogP contribution >= 0.6 is 47.2 Å². The van der Waals surface area contributed by atoms with Crippen LogP contribution < -0.4 is 5.43 Å². The van der Waals surface area contributed by atoms with Crippen LogP contribution in [0.2, 0.25) is 10.0 Å². The Balaban J connectivity index is 1.83. The fraction of sp³-hybridized carbons (Fsp3) is 0. The van der Waals surface area contributed by atoms with E-state index in [4.69, 9.17) is 35.4 Å². The van der Waals surface area contributed by atoms with Gasteiger partial charge in [0.25, 0.3) is 11.8 Å². The molecule has 2 aromatic rings. The zero-order valence-electron chi connectivity index (χ0n) is 12.4. The number of nitrogens with zero attached hydrogens (tertiary/aromatic N) is 2. The molecule has 1 N–H and O–H groups in total. The van der Waals surface area contributed by atoms with Gasteiger partial charge in [-0.25, -0.2) is 0 Å². The Morgan fingerprint density at radius 3 is 2.60 bits per heavy atom. The van der Waals surface area contributed by atoms with Gasteiger partial charge in [-0.05, 0) is 42.6 Å². The number of amides is 2. The third kappa shape index (κ3) is 3.85. The van der Waals surface area contributed by atoms with Crippen LogP contribution in [0.1, 0.15) is 15.9 Å². The van der Waals surface area contributed by atoms with Gasteiger partial charge >= 0.3 is 0 Å². The lowest BCUT2D eigenvalue weighted by Gasteiger charge is -2.15. The lowest BCUT2D eigenvalue weighted by atomic mass is 10.2. The predicted molar refractivity (Wildman–Crippen MR) is 103 cm³/mol. The molecule has 1 aromatic heterocycles. The number of aromatic nitrogens is 1. The van der Waals surface area contributed by atoms with Gasteiger partial charge in [-0.2, -0.15) is 5.01 Å². The Kier molecular flexibility index (Phi) is 5.39. The summed E-state index contributed by atoms with van der Waals surface area (Å²) >= 11 is 18.5.